The van der Waals surface area contributed by atoms with E-state index in [2.05, 4.69) is 20.5 Å². The molecule has 118 valence electrons. The van der Waals surface area contributed by atoms with E-state index in [1.165, 1.54) is 24.6 Å². The minimum atomic E-state index is -0.519. The zero-order chi connectivity index (χ0) is 16.4. The average molecular weight is 330 g/mol. The lowest BCUT2D eigenvalue weighted by molar-refractivity contribution is 0.102. The van der Waals surface area contributed by atoms with Gasteiger partial charge in [-0.15, -0.1) is 10.2 Å². The number of aromatic nitrogens is 3. The molecular formula is C15H14N4O3S. The van der Waals surface area contributed by atoms with Gasteiger partial charge in [-0.05, 0) is 24.6 Å². The fraction of sp³-hybridized carbons (Fsp3) is 0.200. The summed E-state index contributed by atoms with van der Waals surface area (Å²) in [5.74, 6) is 0.0343. The Morgan fingerprint density at radius 1 is 1.39 bits per heavy atom. The molecule has 1 aromatic carbocycles. The molecule has 0 bridgehead atoms. The zero-order valence-electron chi connectivity index (χ0n) is 12.5. The molecule has 0 atom stereocenters. The number of hydrogen-bond acceptors (Lipinski definition) is 6. The van der Waals surface area contributed by atoms with E-state index in [1.807, 2.05) is 6.92 Å². The molecule has 0 radical (unpaired) electrons. The highest BCUT2D eigenvalue weighted by molar-refractivity contribution is 7.15. The number of aromatic amines is 1. The number of pyridine rings is 1. The second-order valence-corrected chi connectivity index (χ2v) is 5.81. The smallest absolute Gasteiger partial charge is 0.262 e. The number of fused-ring (bicyclic) bond motifs is 1. The third kappa shape index (κ3) is 2.93. The maximum absolute atomic E-state index is 12.5. The normalized spacial score (nSPS) is 10.7. The standard InChI is InChI=1S/C15H14N4O3S/c1-3-12-18-19-15(23-12)17-14(21)10-7-16-11-5-4-8(22-2)6-9(11)13(10)20/h4-7H,3H2,1-2H3,(H,16,20)(H,17,19,21). The second-order valence-electron chi connectivity index (χ2n) is 4.75. The molecule has 0 fully saturated rings. The molecule has 0 unspecified atom stereocenters. The molecule has 3 aromatic rings. The average Bonchev–Trinajstić information content (AvgIpc) is 3.02. The molecule has 0 saturated heterocycles. The summed E-state index contributed by atoms with van der Waals surface area (Å²) >= 11 is 1.29. The molecule has 7 nitrogen and oxygen atoms in total. The van der Waals surface area contributed by atoms with Gasteiger partial charge >= 0.3 is 0 Å². The molecule has 0 aliphatic carbocycles. The fourth-order valence-corrected chi connectivity index (χ4v) is 2.78. The summed E-state index contributed by atoms with van der Waals surface area (Å²) in [4.78, 5) is 27.8. The summed E-state index contributed by atoms with van der Waals surface area (Å²) in [5.41, 5.74) is 0.283. The van der Waals surface area contributed by atoms with Gasteiger partial charge in [0.25, 0.3) is 5.91 Å². The number of nitrogens with one attached hydrogen (secondary N) is 2. The first-order chi connectivity index (χ1) is 11.1. The molecule has 0 aliphatic rings. The Labute approximate surface area is 135 Å². The lowest BCUT2D eigenvalue weighted by Crippen LogP contribution is -2.21. The van der Waals surface area contributed by atoms with Crippen molar-refractivity contribution in [1.82, 2.24) is 15.2 Å². The molecule has 23 heavy (non-hydrogen) atoms. The second kappa shape index (κ2) is 6.17. The predicted octanol–water partition coefficient (Wildman–Crippen LogP) is 2.20. The largest absolute Gasteiger partial charge is 0.497 e. The van der Waals surface area contributed by atoms with Crippen molar-refractivity contribution >= 4 is 33.3 Å². The van der Waals surface area contributed by atoms with Crippen molar-refractivity contribution in [2.45, 2.75) is 13.3 Å². The summed E-state index contributed by atoms with van der Waals surface area (Å²) in [5, 5.41) is 12.0. The number of anilines is 1. The summed E-state index contributed by atoms with van der Waals surface area (Å²) in [6.45, 7) is 1.95. The highest BCUT2D eigenvalue weighted by Crippen LogP contribution is 2.18. The quantitative estimate of drug-likeness (QED) is 0.764. The molecule has 2 aromatic heterocycles. The van der Waals surface area contributed by atoms with Crippen LogP contribution in [0.2, 0.25) is 0 Å². The zero-order valence-corrected chi connectivity index (χ0v) is 13.4. The molecular weight excluding hydrogens is 316 g/mol. The van der Waals surface area contributed by atoms with Gasteiger partial charge in [-0.3, -0.25) is 14.9 Å². The van der Waals surface area contributed by atoms with E-state index >= 15 is 0 Å². The van der Waals surface area contributed by atoms with Crippen molar-refractivity contribution < 1.29 is 9.53 Å². The molecule has 1 amide bonds. The van der Waals surface area contributed by atoms with Gasteiger partial charge in [0.1, 0.15) is 16.3 Å². The van der Waals surface area contributed by atoms with E-state index in [1.54, 1.807) is 18.2 Å². The first kappa shape index (κ1) is 15.2. The third-order valence-corrected chi connectivity index (χ3v) is 4.31. The van der Waals surface area contributed by atoms with Gasteiger partial charge < -0.3 is 9.72 Å². The first-order valence-electron chi connectivity index (χ1n) is 6.95. The summed E-state index contributed by atoms with van der Waals surface area (Å²) in [6, 6.07) is 5.08. The van der Waals surface area contributed by atoms with Crippen LogP contribution in [0, 0.1) is 0 Å². The summed E-state index contributed by atoms with van der Waals surface area (Å²) in [7, 11) is 1.52. The number of H-pyrrole nitrogens is 1. The van der Waals surface area contributed by atoms with Crippen LogP contribution in [-0.2, 0) is 6.42 Å². The summed E-state index contributed by atoms with van der Waals surface area (Å²) < 4.78 is 5.12. The minimum Gasteiger partial charge on any atom is -0.497 e. The highest BCUT2D eigenvalue weighted by Gasteiger charge is 2.15. The molecule has 0 aliphatic heterocycles. The lowest BCUT2D eigenvalue weighted by Gasteiger charge is -2.05. The van der Waals surface area contributed by atoms with E-state index in [0.717, 1.165) is 11.4 Å². The van der Waals surface area contributed by atoms with Crippen LogP contribution >= 0.6 is 11.3 Å². The fourth-order valence-electron chi connectivity index (χ4n) is 2.10. The number of benzene rings is 1. The van der Waals surface area contributed by atoms with Crippen molar-refractivity contribution in [3.05, 3.63) is 45.2 Å². The SMILES string of the molecule is CCc1nnc(NC(=O)c2c[nH]c3ccc(OC)cc3c2=O)s1. The maximum atomic E-state index is 12.5. The third-order valence-electron chi connectivity index (χ3n) is 3.32. The Bertz CT molecular complexity index is 932. The Hall–Kier alpha value is -2.74. The van der Waals surface area contributed by atoms with E-state index in [-0.39, 0.29) is 11.0 Å². The number of nitrogens with zero attached hydrogens (tertiary/aromatic N) is 2. The van der Waals surface area contributed by atoms with Gasteiger partial charge in [0.15, 0.2) is 0 Å². The van der Waals surface area contributed by atoms with Gasteiger partial charge in [0.05, 0.1) is 7.11 Å². The molecule has 2 heterocycles. The predicted molar refractivity (Wildman–Crippen MR) is 88.4 cm³/mol. The maximum Gasteiger partial charge on any atom is 0.262 e. The van der Waals surface area contributed by atoms with Crippen LogP contribution < -0.4 is 15.5 Å². The monoisotopic (exact) mass is 330 g/mol. The van der Waals surface area contributed by atoms with Gasteiger partial charge in [-0.2, -0.15) is 0 Å². The molecule has 0 spiro atoms. The number of hydrogen-bond donors (Lipinski definition) is 2. The first-order valence-corrected chi connectivity index (χ1v) is 7.77. The lowest BCUT2D eigenvalue weighted by atomic mass is 10.1. The van der Waals surface area contributed by atoms with Gasteiger partial charge in [-0.25, -0.2) is 0 Å². The van der Waals surface area contributed by atoms with Crippen molar-refractivity contribution in [1.29, 1.82) is 0 Å². The van der Waals surface area contributed by atoms with Gasteiger partial charge in [-0.1, -0.05) is 18.3 Å². The number of amides is 1. The Kier molecular flexibility index (Phi) is 4.07. The van der Waals surface area contributed by atoms with Crippen LogP contribution in [0.3, 0.4) is 0 Å². The van der Waals surface area contributed by atoms with Crippen LogP contribution in [-0.4, -0.2) is 28.2 Å². The number of ether oxygens (including phenoxy) is 1. The highest BCUT2D eigenvalue weighted by atomic mass is 32.1. The van der Waals surface area contributed by atoms with E-state index in [0.29, 0.717) is 21.8 Å². The molecule has 0 saturated carbocycles. The van der Waals surface area contributed by atoms with Crippen LogP contribution in [0.5, 0.6) is 5.75 Å². The van der Waals surface area contributed by atoms with Crippen LogP contribution in [0.1, 0.15) is 22.3 Å². The number of aryl methyl sites for hydroxylation is 1. The minimum absolute atomic E-state index is 0.0130. The van der Waals surface area contributed by atoms with Crippen molar-refractivity contribution in [3.8, 4) is 5.75 Å². The molecule has 3 rings (SSSR count). The Morgan fingerprint density at radius 2 is 2.22 bits per heavy atom. The van der Waals surface area contributed by atoms with Crippen molar-refractivity contribution in [3.63, 3.8) is 0 Å². The van der Waals surface area contributed by atoms with Crippen LogP contribution in [0.4, 0.5) is 5.13 Å². The number of carbonyl (C=O) groups excluding carboxylic acids is 1. The van der Waals surface area contributed by atoms with E-state index in [9.17, 15) is 9.59 Å². The molecule has 8 heteroatoms. The number of methoxy groups -OCH3 is 1. The van der Waals surface area contributed by atoms with Crippen molar-refractivity contribution in [2.24, 2.45) is 0 Å². The number of rotatable bonds is 4. The topological polar surface area (TPSA) is 97.0 Å². The van der Waals surface area contributed by atoms with Gasteiger partial charge in [0.2, 0.25) is 10.6 Å². The van der Waals surface area contributed by atoms with Crippen molar-refractivity contribution in [2.75, 3.05) is 12.4 Å². The number of carbonyl (C=O) groups is 1. The van der Waals surface area contributed by atoms with Gasteiger partial charge in [0, 0.05) is 17.1 Å². The molecule has 2 N–H and O–H groups in total. The Balaban J connectivity index is 1.96. The Morgan fingerprint density at radius 3 is 2.91 bits per heavy atom. The summed E-state index contributed by atoms with van der Waals surface area (Å²) in [6.07, 6.45) is 2.14. The van der Waals surface area contributed by atoms with E-state index in [4.69, 9.17) is 4.74 Å². The van der Waals surface area contributed by atoms with Crippen LogP contribution in [0.15, 0.2) is 29.2 Å². The van der Waals surface area contributed by atoms with Crippen LogP contribution in [0.25, 0.3) is 10.9 Å². The van der Waals surface area contributed by atoms with E-state index < -0.39 is 5.91 Å².